The molecule has 0 saturated carbocycles. The van der Waals surface area contributed by atoms with Crippen LogP contribution in [0.4, 0.5) is 5.69 Å². The molecule has 3 rings (SSSR count). The largest absolute Gasteiger partial charge is 0.345 e. The van der Waals surface area contributed by atoms with Crippen LogP contribution in [0.1, 0.15) is 39.2 Å². The predicted molar refractivity (Wildman–Crippen MR) is 83.3 cm³/mol. The van der Waals surface area contributed by atoms with E-state index in [0.29, 0.717) is 6.42 Å². The van der Waals surface area contributed by atoms with E-state index in [-0.39, 0.29) is 11.3 Å². The summed E-state index contributed by atoms with van der Waals surface area (Å²) in [5.74, 6) is 0.210. The smallest absolute Gasteiger partial charge is 0.226 e. The maximum atomic E-state index is 12.1. The van der Waals surface area contributed by atoms with Crippen molar-refractivity contribution in [2.75, 3.05) is 11.9 Å². The molecule has 1 aliphatic heterocycles. The average molecular weight is 270 g/mol. The maximum absolute atomic E-state index is 12.1. The van der Waals surface area contributed by atoms with Crippen LogP contribution in [0.5, 0.6) is 0 Å². The number of carbonyl (C=O) groups is 1. The first-order chi connectivity index (χ1) is 9.39. The number of anilines is 1. The van der Waals surface area contributed by atoms with Gasteiger partial charge in [-0.2, -0.15) is 0 Å². The van der Waals surface area contributed by atoms with Gasteiger partial charge in [-0.1, -0.05) is 32.9 Å². The molecule has 3 heteroatoms. The van der Waals surface area contributed by atoms with E-state index in [1.165, 1.54) is 16.5 Å². The van der Waals surface area contributed by atoms with Gasteiger partial charge in [-0.05, 0) is 23.5 Å². The van der Waals surface area contributed by atoms with E-state index in [1.54, 1.807) is 0 Å². The van der Waals surface area contributed by atoms with Crippen molar-refractivity contribution in [1.82, 2.24) is 4.57 Å². The lowest BCUT2D eigenvalue weighted by atomic mass is 9.87. The van der Waals surface area contributed by atoms with Crippen molar-refractivity contribution in [3.63, 3.8) is 0 Å². The fraction of sp³-hybridized carbons (Fsp3) is 0.471. The van der Waals surface area contributed by atoms with Crippen LogP contribution in [0.2, 0.25) is 0 Å². The molecular weight excluding hydrogens is 248 g/mol. The molecular formula is C17H22N2O. The van der Waals surface area contributed by atoms with E-state index >= 15 is 0 Å². The van der Waals surface area contributed by atoms with Gasteiger partial charge in [-0.3, -0.25) is 4.79 Å². The minimum absolute atomic E-state index is 0.110. The molecule has 0 aliphatic carbocycles. The fourth-order valence-corrected chi connectivity index (χ4v) is 3.09. The highest BCUT2D eigenvalue weighted by atomic mass is 16.2. The molecule has 106 valence electrons. The van der Waals surface area contributed by atoms with Gasteiger partial charge < -0.3 is 9.47 Å². The van der Waals surface area contributed by atoms with Crippen molar-refractivity contribution < 1.29 is 4.79 Å². The van der Waals surface area contributed by atoms with Crippen LogP contribution in [0, 0.1) is 0 Å². The lowest BCUT2D eigenvalue weighted by Gasteiger charge is -2.22. The standard InChI is InChI=1S/C17H22N2O/c1-17(2,3)13-11-19-10-6-9-15(20)18(4)14-8-5-7-12(13)16(14)19/h5,7-8,11H,6,9-10H2,1-4H3. The lowest BCUT2D eigenvalue weighted by Crippen LogP contribution is -2.28. The monoisotopic (exact) mass is 270 g/mol. The Labute approximate surface area is 120 Å². The average Bonchev–Trinajstić information content (AvgIpc) is 2.75. The number of carbonyl (C=O) groups excluding carboxylic acids is 1. The molecule has 0 spiro atoms. The Morgan fingerprint density at radius 2 is 1.95 bits per heavy atom. The molecule has 1 aromatic heterocycles. The molecule has 1 amide bonds. The van der Waals surface area contributed by atoms with Gasteiger partial charge in [0.2, 0.25) is 5.91 Å². The number of rotatable bonds is 0. The predicted octanol–water partition coefficient (Wildman–Crippen LogP) is 3.70. The molecule has 0 saturated heterocycles. The highest BCUT2D eigenvalue weighted by Crippen LogP contribution is 2.37. The quantitative estimate of drug-likeness (QED) is 0.716. The third-order valence-electron chi connectivity index (χ3n) is 4.21. The Kier molecular flexibility index (Phi) is 2.89. The van der Waals surface area contributed by atoms with Crippen molar-refractivity contribution in [3.8, 4) is 0 Å². The summed E-state index contributed by atoms with van der Waals surface area (Å²) in [5, 5.41) is 1.27. The molecule has 0 unspecified atom stereocenters. The molecule has 0 bridgehead atoms. The van der Waals surface area contributed by atoms with E-state index in [9.17, 15) is 4.79 Å². The van der Waals surface area contributed by atoms with Crippen molar-refractivity contribution in [2.45, 2.75) is 45.6 Å². The van der Waals surface area contributed by atoms with E-state index in [4.69, 9.17) is 0 Å². The van der Waals surface area contributed by atoms with Crippen molar-refractivity contribution in [2.24, 2.45) is 0 Å². The highest BCUT2D eigenvalue weighted by Gasteiger charge is 2.25. The summed E-state index contributed by atoms with van der Waals surface area (Å²) >= 11 is 0. The van der Waals surface area contributed by atoms with Crippen LogP contribution >= 0.6 is 0 Å². The number of benzene rings is 1. The number of amides is 1. The Bertz CT molecular complexity index is 676. The molecule has 20 heavy (non-hydrogen) atoms. The van der Waals surface area contributed by atoms with Gasteiger partial charge in [-0.15, -0.1) is 0 Å². The van der Waals surface area contributed by atoms with Crippen LogP contribution in [-0.2, 0) is 16.8 Å². The molecule has 0 N–H and O–H groups in total. The number of aryl methyl sites for hydroxylation is 1. The van der Waals surface area contributed by atoms with Gasteiger partial charge in [0, 0.05) is 31.6 Å². The SMILES string of the molecule is CN1C(=O)CCCn2cc(C(C)(C)C)c3cccc1c32. The first kappa shape index (κ1) is 13.2. The zero-order chi connectivity index (χ0) is 14.5. The zero-order valence-corrected chi connectivity index (χ0v) is 12.7. The second kappa shape index (κ2) is 4.37. The summed E-state index contributed by atoms with van der Waals surface area (Å²) in [5.41, 5.74) is 3.70. The molecule has 2 aromatic rings. The second-order valence-electron chi connectivity index (χ2n) is 6.72. The summed E-state index contributed by atoms with van der Waals surface area (Å²) in [6.07, 6.45) is 3.80. The van der Waals surface area contributed by atoms with E-state index in [1.807, 2.05) is 11.9 Å². The Morgan fingerprint density at radius 1 is 1.20 bits per heavy atom. The summed E-state index contributed by atoms with van der Waals surface area (Å²) in [6, 6.07) is 6.28. The van der Waals surface area contributed by atoms with Gasteiger partial charge in [0.1, 0.15) is 0 Å². The van der Waals surface area contributed by atoms with E-state index < -0.39 is 0 Å². The van der Waals surface area contributed by atoms with Crippen molar-refractivity contribution in [3.05, 3.63) is 30.0 Å². The number of aromatic nitrogens is 1. The second-order valence-corrected chi connectivity index (χ2v) is 6.72. The minimum atomic E-state index is 0.110. The van der Waals surface area contributed by atoms with E-state index in [2.05, 4.69) is 49.7 Å². The normalized spacial score (nSPS) is 16.4. The molecule has 0 fully saturated rings. The third kappa shape index (κ3) is 1.92. The van der Waals surface area contributed by atoms with Gasteiger partial charge in [-0.25, -0.2) is 0 Å². The van der Waals surface area contributed by atoms with Crippen LogP contribution in [0.15, 0.2) is 24.4 Å². The Balaban J connectivity index is 2.35. The molecule has 1 aromatic carbocycles. The highest BCUT2D eigenvalue weighted by molar-refractivity contribution is 6.03. The zero-order valence-electron chi connectivity index (χ0n) is 12.7. The number of hydrogen-bond acceptors (Lipinski definition) is 1. The molecule has 0 atom stereocenters. The summed E-state index contributed by atoms with van der Waals surface area (Å²) in [7, 11) is 1.89. The van der Waals surface area contributed by atoms with Gasteiger partial charge in [0.25, 0.3) is 0 Å². The van der Waals surface area contributed by atoms with Crippen LogP contribution < -0.4 is 4.90 Å². The number of nitrogens with zero attached hydrogens (tertiary/aromatic N) is 2. The van der Waals surface area contributed by atoms with Crippen LogP contribution in [0.3, 0.4) is 0 Å². The lowest BCUT2D eigenvalue weighted by molar-refractivity contribution is -0.118. The van der Waals surface area contributed by atoms with Crippen molar-refractivity contribution >= 4 is 22.5 Å². The van der Waals surface area contributed by atoms with Crippen LogP contribution in [0.25, 0.3) is 10.9 Å². The summed E-state index contributed by atoms with van der Waals surface area (Å²) < 4.78 is 2.33. The summed E-state index contributed by atoms with van der Waals surface area (Å²) in [6.45, 7) is 7.65. The van der Waals surface area contributed by atoms with Gasteiger partial charge in [0.15, 0.2) is 0 Å². The molecule has 2 heterocycles. The summed E-state index contributed by atoms with van der Waals surface area (Å²) in [4.78, 5) is 13.9. The first-order valence-corrected chi connectivity index (χ1v) is 7.28. The Hall–Kier alpha value is -1.77. The topological polar surface area (TPSA) is 25.2 Å². The molecule has 0 radical (unpaired) electrons. The third-order valence-corrected chi connectivity index (χ3v) is 4.21. The number of hydrogen-bond donors (Lipinski definition) is 0. The maximum Gasteiger partial charge on any atom is 0.226 e. The van der Waals surface area contributed by atoms with Crippen LogP contribution in [-0.4, -0.2) is 17.5 Å². The number of para-hydroxylation sites is 1. The van der Waals surface area contributed by atoms with Gasteiger partial charge in [0.05, 0.1) is 11.2 Å². The first-order valence-electron chi connectivity index (χ1n) is 7.28. The minimum Gasteiger partial charge on any atom is -0.345 e. The van der Waals surface area contributed by atoms with Crippen molar-refractivity contribution in [1.29, 1.82) is 0 Å². The molecule has 1 aliphatic rings. The fourth-order valence-electron chi connectivity index (χ4n) is 3.09. The van der Waals surface area contributed by atoms with Gasteiger partial charge >= 0.3 is 0 Å². The van der Waals surface area contributed by atoms with E-state index in [0.717, 1.165) is 18.7 Å². The Morgan fingerprint density at radius 3 is 2.65 bits per heavy atom. The molecule has 3 nitrogen and oxygen atoms in total.